The third-order valence-corrected chi connectivity index (χ3v) is 5.61. The number of nitrogens with zero attached hydrogens (tertiary/aromatic N) is 3. The summed E-state index contributed by atoms with van der Waals surface area (Å²) in [7, 11) is 1.22. The molecule has 0 unspecified atom stereocenters. The zero-order valence-corrected chi connectivity index (χ0v) is 16.5. The Kier molecular flexibility index (Phi) is 7.51. The topological polar surface area (TPSA) is 114 Å². The van der Waals surface area contributed by atoms with Crippen molar-refractivity contribution in [3.63, 3.8) is 0 Å². The molecule has 152 valence electrons. The van der Waals surface area contributed by atoms with E-state index in [1.165, 1.54) is 18.9 Å². The summed E-state index contributed by atoms with van der Waals surface area (Å²) in [4.78, 5) is 15.9. The van der Waals surface area contributed by atoms with Crippen molar-refractivity contribution in [2.45, 2.75) is 41.3 Å². The molecule has 0 aromatic heterocycles. The molecule has 3 rings (SSSR count). The van der Waals surface area contributed by atoms with E-state index in [1.807, 2.05) is 60.7 Å². The minimum atomic E-state index is -1.35. The lowest BCUT2D eigenvalue weighted by Crippen LogP contribution is -2.59. The minimum Gasteiger partial charge on any atom is -0.467 e. The molecule has 0 amide bonds. The molecule has 0 bridgehead atoms. The van der Waals surface area contributed by atoms with Gasteiger partial charge in [0.15, 0.2) is 6.10 Å². The quantitative estimate of drug-likeness (QED) is 0.321. The summed E-state index contributed by atoms with van der Waals surface area (Å²) in [5.41, 5.74) is 9.21. The Bertz CT molecular complexity index is 848. The van der Waals surface area contributed by atoms with E-state index in [2.05, 4.69) is 10.0 Å². The van der Waals surface area contributed by atoms with Crippen molar-refractivity contribution in [3.8, 4) is 0 Å². The number of hydrogen-bond acceptors (Lipinski definition) is 7. The number of rotatable bonds is 7. The molecule has 1 aliphatic heterocycles. The molecular weight excluding hydrogens is 394 g/mol. The summed E-state index contributed by atoms with van der Waals surface area (Å²) in [5.74, 6) is -0.719. The fourth-order valence-corrected chi connectivity index (χ4v) is 4.13. The van der Waals surface area contributed by atoms with Crippen molar-refractivity contribution in [1.82, 2.24) is 0 Å². The number of esters is 1. The summed E-state index contributed by atoms with van der Waals surface area (Å²) >= 11 is 1.29. The Balaban J connectivity index is 1.87. The van der Waals surface area contributed by atoms with Crippen LogP contribution in [0.15, 0.2) is 70.7 Å². The van der Waals surface area contributed by atoms with E-state index in [4.69, 9.17) is 19.7 Å². The molecule has 1 aliphatic rings. The highest BCUT2D eigenvalue weighted by Crippen LogP contribution is 2.36. The second kappa shape index (κ2) is 10.3. The van der Waals surface area contributed by atoms with Crippen LogP contribution < -0.4 is 0 Å². The van der Waals surface area contributed by atoms with Crippen molar-refractivity contribution in [1.29, 1.82) is 0 Å². The van der Waals surface area contributed by atoms with Crippen molar-refractivity contribution < 1.29 is 24.1 Å². The van der Waals surface area contributed by atoms with Gasteiger partial charge in [-0.15, -0.1) is 0 Å². The summed E-state index contributed by atoms with van der Waals surface area (Å²) in [6, 6.07) is 17.9. The van der Waals surface area contributed by atoms with E-state index in [1.54, 1.807) is 0 Å². The highest BCUT2D eigenvalue weighted by molar-refractivity contribution is 7.99. The normalized spacial score (nSPS) is 26.3. The Morgan fingerprint density at radius 3 is 2.48 bits per heavy atom. The van der Waals surface area contributed by atoms with Crippen LogP contribution in [0.5, 0.6) is 0 Å². The van der Waals surface area contributed by atoms with Crippen molar-refractivity contribution in [2.24, 2.45) is 5.11 Å². The van der Waals surface area contributed by atoms with Gasteiger partial charge in [-0.25, -0.2) is 4.79 Å². The fraction of sp³-hybridized carbons (Fsp3) is 0.350. The average Bonchev–Trinajstić information content (AvgIpc) is 2.76. The molecule has 0 saturated carbocycles. The zero-order valence-electron chi connectivity index (χ0n) is 15.7. The van der Waals surface area contributed by atoms with E-state index in [-0.39, 0.29) is 6.61 Å². The van der Waals surface area contributed by atoms with Gasteiger partial charge in [0.1, 0.15) is 17.6 Å². The zero-order chi connectivity index (χ0) is 20.6. The van der Waals surface area contributed by atoms with Crippen LogP contribution in [0.1, 0.15) is 5.56 Å². The number of aliphatic hydroxyl groups excluding tert-OH is 1. The highest BCUT2D eigenvalue weighted by atomic mass is 32.2. The van der Waals surface area contributed by atoms with Crippen LogP contribution in [0.25, 0.3) is 10.4 Å². The average molecular weight is 415 g/mol. The Labute approximate surface area is 172 Å². The number of carbonyl (C=O) groups is 1. The maximum Gasteiger partial charge on any atom is 0.337 e. The van der Waals surface area contributed by atoms with Gasteiger partial charge in [-0.05, 0) is 23.2 Å². The lowest BCUT2D eigenvalue weighted by molar-refractivity contribution is -0.197. The van der Waals surface area contributed by atoms with Gasteiger partial charge < -0.3 is 19.3 Å². The molecule has 8 nitrogen and oxygen atoms in total. The minimum absolute atomic E-state index is 0.177. The number of azide groups is 1. The number of ether oxygens (including phenoxy) is 3. The molecule has 0 aliphatic carbocycles. The lowest BCUT2D eigenvalue weighted by atomic mass is 9.98. The highest BCUT2D eigenvalue weighted by Gasteiger charge is 2.49. The monoisotopic (exact) mass is 415 g/mol. The van der Waals surface area contributed by atoms with E-state index in [0.29, 0.717) is 0 Å². The molecule has 2 aromatic rings. The van der Waals surface area contributed by atoms with Crippen LogP contribution in [0, 0.1) is 0 Å². The number of aliphatic hydroxyl groups is 1. The van der Waals surface area contributed by atoms with E-state index in [0.717, 1.165) is 10.5 Å². The Morgan fingerprint density at radius 2 is 1.86 bits per heavy atom. The van der Waals surface area contributed by atoms with Crippen LogP contribution in [0.2, 0.25) is 0 Å². The lowest BCUT2D eigenvalue weighted by Gasteiger charge is -2.41. The van der Waals surface area contributed by atoms with Crippen LogP contribution >= 0.6 is 11.8 Å². The second-order valence-electron chi connectivity index (χ2n) is 6.33. The van der Waals surface area contributed by atoms with Crippen LogP contribution in [-0.4, -0.2) is 48.0 Å². The third-order valence-electron chi connectivity index (χ3n) is 4.44. The summed E-state index contributed by atoms with van der Waals surface area (Å²) in [5, 5.41) is 14.6. The number of benzene rings is 2. The molecule has 1 saturated heterocycles. The number of thioether (sulfide) groups is 1. The van der Waals surface area contributed by atoms with E-state index in [9.17, 15) is 9.90 Å². The van der Waals surface area contributed by atoms with E-state index < -0.39 is 35.8 Å². The molecular formula is C20H21N3O5S. The van der Waals surface area contributed by atoms with Crippen molar-refractivity contribution in [3.05, 3.63) is 76.7 Å². The van der Waals surface area contributed by atoms with Gasteiger partial charge in [0.2, 0.25) is 0 Å². The summed E-state index contributed by atoms with van der Waals surface area (Å²) < 4.78 is 16.5. The SMILES string of the molecule is COC(=O)[C@H]1O[C@H](Sc2ccccc2)[C@@H](N=[N+]=[N-])[C@@H](OCc2ccccc2)[C@@H]1O. The molecule has 2 aromatic carbocycles. The van der Waals surface area contributed by atoms with Crippen LogP contribution in [0.3, 0.4) is 0 Å². The van der Waals surface area contributed by atoms with Gasteiger partial charge in [0, 0.05) is 9.81 Å². The first-order chi connectivity index (χ1) is 14.1. The van der Waals surface area contributed by atoms with E-state index >= 15 is 0 Å². The first-order valence-corrected chi connectivity index (χ1v) is 9.85. The Morgan fingerprint density at radius 1 is 1.21 bits per heavy atom. The van der Waals surface area contributed by atoms with Gasteiger partial charge in [0.25, 0.3) is 0 Å². The molecule has 1 heterocycles. The molecule has 1 N–H and O–H groups in total. The molecule has 5 atom stereocenters. The Hall–Kier alpha value is -2.55. The summed E-state index contributed by atoms with van der Waals surface area (Å²) in [6.45, 7) is 0.177. The van der Waals surface area contributed by atoms with Crippen molar-refractivity contribution >= 4 is 17.7 Å². The van der Waals surface area contributed by atoms with Gasteiger partial charge in [0.05, 0.1) is 19.8 Å². The number of hydrogen-bond donors (Lipinski definition) is 1. The van der Waals surface area contributed by atoms with Gasteiger partial charge in [-0.1, -0.05) is 65.4 Å². The maximum absolute atomic E-state index is 12.2. The molecule has 29 heavy (non-hydrogen) atoms. The van der Waals surface area contributed by atoms with Crippen LogP contribution in [0.4, 0.5) is 0 Å². The van der Waals surface area contributed by atoms with Gasteiger partial charge in [-0.3, -0.25) is 0 Å². The third kappa shape index (κ3) is 5.29. The summed E-state index contributed by atoms with van der Waals surface area (Å²) in [6.07, 6.45) is -3.56. The number of methoxy groups -OCH3 is 1. The molecule has 0 spiro atoms. The number of carbonyl (C=O) groups excluding carboxylic acids is 1. The smallest absolute Gasteiger partial charge is 0.337 e. The first-order valence-electron chi connectivity index (χ1n) is 8.97. The van der Waals surface area contributed by atoms with Gasteiger partial charge >= 0.3 is 5.97 Å². The predicted octanol–water partition coefficient (Wildman–Crippen LogP) is 3.30. The van der Waals surface area contributed by atoms with Crippen molar-refractivity contribution in [2.75, 3.05) is 7.11 Å². The standard InChI is InChI=1S/C20H21N3O5S/c1-26-19(25)18-16(24)17(27-12-13-8-4-2-5-9-13)15(22-23-21)20(28-18)29-14-10-6-3-7-11-14/h2-11,15-18,20,24H,12H2,1H3/t15-,16-,17+,18-,20+/m0/s1. The van der Waals surface area contributed by atoms with Gasteiger partial charge in [-0.2, -0.15) is 0 Å². The fourth-order valence-electron chi connectivity index (χ4n) is 3.02. The second-order valence-corrected chi connectivity index (χ2v) is 7.50. The maximum atomic E-state index is 12.2. The first kappa shape index (κ1) is 21.2. The molecule has 1 fully saturated rings. The largest absolute Gasteiger partial charge is 0.467 e. The van der Waals surface area contributed by atoms with Crippen LogP contribution in [-0.2, 0) is 25.6 Å². The molecule has 9 heteroatoms. The molecule has 0 radical (unpaired) electrons. The predicted molar refractivity (Wildman–Crippen MR) is 107 cm³/mol.